The molecule has 2 aromatic carbocycles. The van der Waals surface area contributed by atoms with Crippen molar-refractivity contribution in [2.24, 2.45) is 0 Å². The van der Waals surface area contributed by atoms with Crippen LogP contribution in [0.1, 0.15) is 27.8 Å². The Hall–Kier alpha value is -3.59. The van der Waals surface area contributed by atoms with Crippen LogP contribution in [-0.2, 0) is 14.3 Å². The van der Waals surface area contributed by atoms with Gasteiger partial charge in [0.05, 0.1) is 7.11 Å². The summed E-state index contributed by atoms with van der Waals surface area (Å²) in [5.41, 5.74) is 4.81. The minimum atomic E-state index is -0.470. The fourth-order valence-electron chi connectivity index (χ4n) is 2.99. The van der Waals surface area contributed by atoms with Crippen molar-refractivity contribution in [2.45, 2.75) is 27.7 Å². The van der Waals surface area contributed by atoms with Crippen LogP contribution in [0.4, 0.5) is 5.69 Å². The van der Waals surface area contributed by atoms with Crippen molar-refractivity contribution in [1.82, 2.24) is 0 Å². The van der Waals surface area contributed by atoms with Gasteiger partial charge in [-0.1, -0.05) is 18.2 Å². The molecule has 0 aliphatic heterocycles. The highest BCUT2D eigenvalue weighted by Crippen LogP contribution is 2.26. The van der Waals surface area contributed by atoms with E-state index in [4.69, 9.17) is 4.74 Å². The Kier molecular flexibility index (Phi) is 7.15. The first kappa shape index (κ1) is 21.7. The van der Waals surface area contributed by atoms with Crippen LogP contribution in [0.3, 0.4) is 0 Å². The molecule has 1 N–H and O–H groups in total. The molecular formula is C23H24N2O4. The van der Waals surface area contributed by atoms with E-state index in [1.807, 2.05) is 52.0 Å². The number of anilines is 1. The number of rotatable bonds is 6. The van der Waals surface area contributed by atoms with Crippen molar-refractivity contribution in [3.8, 4) is 11.8 Å². The number of benzene rings is 2. The van der Waals surface area contributed by atoms with Gasteiger partial charge >= 0.3 is 5.97 Å². The van der Waals surface area contributed by atoms with E-state index in [1.54, 1.807) is 12.1 Å². The van der Waals surface area contributed by atoms with Crippen LogP contribution >= 0.6 is 0 Å². The zero-order valence-corrected chi connectivity index (χ0v) is 17.3. The second kappa shape index (κ2) is 9.56. The van der Waals surface area contributed by atoms with E-state index in [9.17, 15) is 14.9 Å². The Bertz CT molecular complexity index is 973. The summed E-state index contributed by atoms with van der Waals surface area (Å²) in [6.45, 7) is 7.28. The number of ether oxygens (including phenoxy) is 2. The minimum absolute atomic E-state index is 0.00492. The second-order valence-electron chi connectivity index (χ2n) is 6.74. The maximum absolute atomic E-state index is 12.6. The van der Waals surface area contributed by atoms with Crippen molar-refractivity contribution in [1.29, 1.82) is 5.26 Å². The summed E-state index contributed by atoms with van der Waals surface area (Å²) in [6.07, 6.45) is 1.53. The molecule has 0 radical (unpaired) electrons. The fraction of sp³-hybridized carbons (Fsp3) is 0.261. The van der Waals surface area contributed by atoms with Crippen LogP contribution in [0.15, 0.2) is 35.9 Å². The van der Waals surface area contributed by atoms with Gasteiger partial charge in [-0.05, 0) is 73.7 Å². The quantitative estimate of drug-likeness (QED) is 0.456. The monoisotopic (exact) mass is 392 g/mol. The third-order valence-electron chi connectivity index (χ3n) is 4.44. The molecule has 0 saturated carbocycles. The van der Waals surface area contributed by atoms with Crippen molar-refractivity contribution in [2.75, 3.05) is 19.0 Å². The van der Waals surface area contributed by atoms with E-state index in [-0.39, 0.29) is 12.2 Å². The molecule has 0 unspecified atom stereocenters. The van der Waals surface area contributed by atoms with Gasteiger partial charge < -0.3 is 14.8 Å². The van der Waals surface area contributed by atoms with Crippen molar-refractivity contribution < 1.29 is 19.1 Å². The zero-order valence-electron chi connectivity index (χ0n) is 17.3. The number of nitrogens with one attached hydrogen (secondary N) is 1. The lowest BCUT2D eigenvalue weighted by Gasteiger charge is -2.13. The van der Waals surface area contributed by atoms with Crippen molar-refractivity contribution in [3.63, 3.8) is 0 Å². The highest BCUT2D eigenvalue weighted by molar-refractivity contribution is 6.10. The van der Waals surface area contributed by atoms with E-state index in [0.29, 0.717) is 17.0 Å². The molecule has 29 heavy (non-hydrogen) atoms. The number of esters is 1. The SMILES string of the molecule is COC(=O)COc1c(C)cc(C=C(C#N)C(=O)Nc2c(C)cccc2C)cc1C. The van der Waals surface area contributed by atoms with E-state index < -0.39 is 11.9 Å². The molecule has 2 aromatic rings. The summed E-state index contributed by atoms with van der Waals surface area (Å²) in [6, 6.07) is 11.3. The van der Waals surface area contributed by atoms with E-state index in [2.05, 4.69) is 10.1 Å². The number of para-hydroxylation sites is 1. The first-order valence-electron chi connectivity index (χ1n) is 9.07. The minimum Gasteiger partial charge on any atom is -0.481 e. The summed E-state index contributed by atoms with van der Waals surface area (Å²) < 4.78 is 10.1. The predicted octanol–water partition coefficient (Wildman–Crippen LogP) is 4.02. The zero-order chi connectivity index (χ0) is 21.6. The lowest BCUT2D eigenvalue weighted by atomic mass is 10.0. The first-order chi connectivity index (χ1) is 13.8. The molecule has 0 aliphatic rings. The molecule has 0 fully saturated rings. The Morgan fingerprint density at radius 3 is 2.17 bits per heavy atom. The predicted molar refractivity (Wildman–Crippen MR) is 112 cm³/mol. The van der Waals surface area contributed by atoms with Crippen LogP contribution in [0, 0.1) is 39.0 Å². The molecule has 0 atom stereocenters. The third-order valence-corrected chi connectivity index (χ3v) is 4.44. The molecule has 0 heterocycles. The smallest absolute Gasteiger partial charge is 0.343 e. The van der Waals surface area contributed by atoms with Gasteiger partial charge in [0.15, 0.2) is 6.61 Å². The van der Waals surface area contributed by atoms with E-state index in [0.717, 1.165) is 22.3 Å². The Morgan fingerprint density at radius 1 is 1.07 bits per heavy atom. The lowest BCUT2D eigenvalue weighted by Crippen LogP contribution is -2.15. The second-order valence-corrected chi connectivity index (χ2v) is 6.74. The van der Waals surface area contributed by atoms with Gasteiger partial charge in [0.1, 0.15) is 17.4 Å². The van der Waals surface area contributed by atoms with Gasteiger partial charge in [-0.2, -0.15) is 5.26 Å². The molecule has 150 valence electrons. The van der Waals surface area contributed by atoms with Gasteiger partial charge in [-0.25, -0.2) is 4.79 Å². The molecule has 6 heteroatoms. The molecule has 0 spiro atoms. The van der Waals surface area contributed by atoms with Crippen LogP contribution < -0.4 is 10.1 Å². The number of carbonyl (C=O) groups excluding carboxylic acids is 2. The topological polar surface area (TPSA) is 88.4 Å². The molecule has 0 saturated heterocycles. The molecule has 6 nitrogen and oxygen atoms in total. The highest BCUT2D eigenvalue weighted by atomic mass is 16.6. The maximum atomic E-state index is 12.6. The number of carbonyl (C=O) groups is 2. The van der Waals surface area contributed by atoms with Crippen molar-refractivity contribution in [3.05, 3.63) is 63.7 Å². The standard InChI is InChI=1S/C23H24N2O4/c1-14-7-6-8-15(2)21(14)25-23(27)19(12-24)11-18-9-16(3)22(17(4)10-18)29-13-20(26)28-5/h6-11H,13H2,1-5H3,(H,25,27). The number of methoxy groups -OCH3 is 1. The fourth-order valence-corrected chi connectivity index (χ4v) is 2.99. The van der Waals surface area contributed by atoms with Gasteiger partial charge in [0, 0.05) is 5.69 Å². The third kappa shape index (κ3) is 5.45. The van der Waals surface area contributed by atoms with Crippen LogP contribution in [0.2, 0.25) is 0 Å². The molecule has 0 aliphatic carbocycles. The normalized spacial score (nSPS) is 10.8. The maximum Gasteiger partial charge on any atom is 0.343 e. The number of amides is 1. The number of nitriles is 1. The first-order valence-corrected chi connectivity index (χ1v) is 9.07. The largest absolute Gasteiger partial charge is 0.481 e. The summed E-state index contributed by atoms with van der Waals surface area (Å²) in [5.74, 6) is -0.361. The number of nitrogens with zero attached hydrogens (tertiary/aromatic N) is 1. The van der Waals surface area contributed by atoms with Crippen LogP contribution in [0.5, 0.6) is 5.75 Å². The average Bonchev–Trinajstić information content (AvgIpc) is 2.67. The van der Waals surface area contributed by atoms with E-state index in [1.165, 1.54) is 13.2 Å². The molecular weight excluding hydrogens is 368 g/mol. The summed E-state index contributed by atoms with van der Waals surface area (Å²) in [5, 5.41) is 12.3. The van der Waals surface area contributed by atoms with Crippen molar-refractivity contribution >= 4 is 23.6 Å². The van der Waals surface area contributed by atoms with Gasteiger partial charge in [-0.3, -0.25) is 4.79 Å². The number of hydrogen-bond acceptors (Lipinski definition) is 5. The lowest BCUT2D eigenvalue weighted by molar-refractivity contribution is -0.142. The van der Waals surface area contributed by atoms with E-state index >= 15 is 0 Å². The molecule has 0 aromatic heterocycles. The van der Waals surface area contributed by atoms with Gasteiger partial charge in [0.2, 0.25) is 0 Å². The summed E-state index contributed by atoms with van der Waals surface area (Å²) in [4.78, 5) is 23.9. The van der Waals surface area contributed by atoms with Gasteiger partial charge in [-0.15, -0.1) is 0 Å². The van der Waals surface area contributed by atoms with Crippen LogP contribution in [0.25, 0.3) is 6.08 Å². The average molecular weight is 392 g/mol. The highest BCUT2D eigenvalue weighted by Gasteiger charge is 2.14. The molecule has 0 bridgehead atoms. The van der Waals surface area contributed by atoms with Gasteiger partial charge in [0.25, 0.3) is 5.91 Å². The summed E-state index contributed by atoms with van der Waals surface area (Å²) >= 11 is 0. The Morgan fingerprint density at radius 2 is 1.66 bits per heavy atom. The summed E-state index contributed by atoms with van der Waals surface area (Å²) in [7, 11) is 1.30. The number of hydrogen-bond donors (Lipinski definition) is 1. The van der Waals surface area contributed by atoms with Crippen LogP contribution in [-0.4, -0.2) is 25.6 Å². The number of aryl methyl sites for hydroxylation is 4. The Balaban J connectivity index is 2.27. The molecule has 1 amide bonds. The Labute approximate surface area is 170 Å². The molecule has 2 rings (SSSR count).